The molecule has 0 atom stereocenters. The maximum absolute atomic E-state index is 13.3. The highest BCUT2D eigenvalue weighted by Gasteiger charge is 2.34. The van der Waals surface area contributed by atoms with E-state index < -0.39 is 11.4 Å². The molecule has 0 spiro atoms. The molecule has 0 N–H and O–H groups in total. The van der Waals surface area contributed by atoms with Crippen molar-refractivity contribution in [3.8, 4) is 11.5 Å². The van der Waals surface area contributed by atoms with Crippen LogP contribution in [-0.4, -0.2) is 31.6 Å². The van der Waals surface area contributed by atoms with Crippen LogP contribution >= 0.6 is 11.6 Å². The zero-order valence-corrected chi connectivity index (χ0v) is 14.8. The molecular weight excluding hydrogens is 333 g/mol. The van der Waals surface area contributed by atoms with Crippen LogP contribution in [0.1, 0.15) is 51.2 Å². The second-order valence-electron chi connectivity index (χ2n) is 5.30. The zero-order valence-electron chi connectivity index (χ0n) is 14.0. The van der Waals surface area contributed by atoms with Crippen LogP contribution in [0.4, 0.5) is 4.39 Å². The number of aliphatic imine (C=N–C) groups is 1. The number of rotatable bonds is 5. The minimum absolute atomic E-state index is 0.157. The summed E-state index contributed by atoms with van der Waals surface area (Å²) in [6.45, 7) is 7.24. The zero-order chi connectivity index (χ0) is 17.9. The van der Waals surface area contributed by atoms with Crippen molar-refractivity contribution in [2.45, 2.75) is 46.1 Å². The van der Waals surface area contributed by atoms with E-state index in [0.717, 1.165) is 6.20 Å². The summed E-state index contributed by atoms with van der Waals surface area (Å²) in [6, 6.07) is 0. The van der Waals surface area contributed by atoms with E-state index in [4.69, 9.17) is 11.6 Å². The van der Waals surface area contributed by atoms with Crippen molar-refractivity contribution in [3.63, 3.8) is 0 Å². The first-order chi connectivity index (χ1) is 11.4. The molecule has 2 rings (SSSR count). The number of nitrogens with zero attached hydrogens (tertiary/aromatic N) is 5. The third-order valence-corrected chi connectivity index (χ3v) is 4.20. The average Bonchev–Trinajstić information content (AvgIpc) is 3.01. The molecule has 8 heteroatoms. The minimum Gasteiger partial charge on any atom is -0.283 e. The standard InChI is InChI=1S/C16H19ClFN5O/c1-5-16(6-2,20-7-3)15-21-12(9-23(15)10(4)24)14-19-8-11(18)13(17)22-14/h7-9H,5-6H2,1-4H3. The Morgan fingerprint density at radius 1 is 1.42 bits per heavy atom. The van der Waals surface area contributed by atoms with Crippen LogP contribution in [0.3, 0.4) is 0 Å². The number of carbonyl (C=O) groups is 1. The lowest BCUT2D eigenvalue weighted by Gasteiger charge is -2.26. The SMILES string of the molecule is CC=NC(CC)(CC)c1nc(-c2ncc(F)c(Cl)n2)cn1C(C)=O. The molecule has 0 aliphatic carbocycles. The summed E-state index contributed by atoms with van der Waals surface area (Å²) >= 11 is 5.72. The highest BCUT2D eigenvalue weighted by atomic mass is 35.5. The molecule has 2 aromatic heterocycles. The maximum Gasteiger partial charge on any atom is 0.229 e. The molecule has 0 unspecified atom stereocenters. The van der Waals surface area contributed by atoms with Gasteiger partial charge < -0.3 is 0 Å². The Labute approximate surface area is 144 Å². The number of aromatic nitrogens is 4. The lowest BCUT2D eigenvalue weighted by Crippen LogP contribution is -2.28. The molecule has 0 fully saturated rings. The van der Waals surface area contributed by atoms with Crippen LogP contribution in [0, 0.1) is 5.82 Å². The number of imidazole rings is 1. The summed E-state index contributed by atoms with van der Waals surface area (Å²) in [5.74, 6) is -0.241. The van der Waals surface area contributed by atoms with E-state index in [2.05, 4.69) is 19.9 Å². The topological polar surface area (TPSA) is 73.0 Å². The van der Waals surface area contributed by atoms with Gasteiger partial charge in [0.1, 0.15) is 17.1 Å². The van der Waals surface area contributed by atoms with E-state index in [1.807, 2.05) is 20.8 Å². The average molecular weight is 352 g/mol. The van der Waals surface area contributed by atoms with Gasteiger partial charge in [-0.2, -0.15) is 0 Å². The Hall–Kier alpha value is -2.15. The Bertz CT molecular complexity index is 783. The summed E-state index contributed by atoms with van der Waals surface area (Å²) in [4.78, 5) is 28.9. The summed E-state index contributed by atoms with van der Waals surface area (Å²) in [6.07, 6.45) is 5.56. The molecule has 0 saturated heterocycles. The molecule has 24 heavy (non-hydrogen) atoms. The monoisotopic (exact) mass is 351 g/mol. The fourth-order valence-electron chi connectivity index (χ4n) is 2.58. The van der Waals surface area contributed by atoms with Gasteiger partial charge in [-0.05, 0) is 26.0 Å². The van der Waals surface area contributed by atoms with Gasteiger partial charge in [0.25, 0.3) is 0 Å². The smallest absolute Gasteiger partial charge is 0.229 e. The first kappa shape index (κ1) is 18.2. The van der Waals surface area contributed by atoms with Gasteiger partial charge in [-0.1, -0.05) is 25.4 Å². The van der Waals surface area contributed by atoms with Gasteiger partial charge in [0.15, 0.2) is 16.8 Å². The Morgan fingerprint density at radius 3 is 2.58 bits per heavy atom. The lowest BCUT2D eigenvalue weighted by atomic mass is 9.92. The van der Waals surface area contributed by atoms with Gasteiger partial charge in [0.05, 0.1) is 6.20 Å². The molecule has 0 aromatic carbocycles. The molecule has 0 aliphatic rings. The third kappa shape index (κ3) is 3.21. The van der Waals surface area contributed by atoms with Gasteiger partial charge in [0, 0.05) is 13.1 Å². The summed E-state index contributed by atoms with van der Waals surface area (Å²) in [5.41, 5.74) is -0.276. The predicted octanol–water partition coefficient (Wildman–Crippen LogP) is 3.90. The second-order valence-corrected chi connectivity index (χ2v) is 5.66. The van der Waals surface area contributed by atoms with Crippen molar-refractivity contribution < 1.29 is 9.18 Å². The molecule has 0 radical (unpaired) electrons. The largest absolute Gasteiger partial charge is 0.283 e. The van der Waals surface area contributed by atoms with Crippen LogP contribution in [0.25, 0.3) is 11.5 Å². The van der Waals surface area contributed by atoms with Crippen molar-refractivity contribution in [1.29, 1.82) is 0 Å². The lowest BCUT2D eigenvalue weighted by molar-refractivity contribution is 0.0926. The van der Waals surface area contributed by atoms with Crippen LogP contribution in [0.5, 0.6) is 0 Å². The molecule has 0 amide bonds. The number of hydrogen-bond acceptors (Lipinski definition) is 5. The van der Waals surface area contributed by atoms with Gasteiger partial charge in [-0.15, -0.1) is 0 Å². The van der Waals surface area contributed by atoms with E-state index in [0.29, 0.717) is 24.4 Å². The summed E-state index contributed by atoms with van der Waals surface area (Å²) in [5, 5.41) is -0.289. The predicted molar refractivity (Wildman–Crippen MR) is 90.9 cm³/mol. The fraction of sp³-hybridized carbons (Fsp3) is 0.438. The quantitative estimate of drug-likeness (QED) is 0.605. The van der Waals surface area contributed by atoms with Crippen LogP contribution in [-0.2, 0) is 5.54 Å². The first-order valence-electron chi connectivity index (χ1n) is 7.67. The normalized spacial score (nSPS) is 12.1. The van der Waals surface area contributed by atoms with Crippen molar-refractivity contribution >= 4 is 23.7 Å². The highest BCUT2D eigenvalue weighted by Crippen LogP contribution is 2.34. The molecular formula is C16H19ClFN5O. The number of halogens is 2. The van der Waals surface area contributed by atoms with Crippen molar-refractivity contribution in [1.82, 2.24) is 19.5 Å². The van der Waals surface area contributed by atoms with Crippen LogP contribution in [0.15, 0.2) is 17.4 Å². The molecule has 2 heterocycles. The first-order valence-corrected chi connectivity index (χ1v) is 8.05. The molecule has 2 aromatic rings. The molecule has 0 bridgehead atoms. The van der Waals surface area contributed by atoms with Gasteiger partial charge in [-0.3, -0.25) is 14.4 Å². The van der Waals surface area contributed by atoms with E-state index >= 15 is 0 Å². The fourth-order valence-corrected chi connectivity index (χ4v) is 2.71. The highest BCUT2D eigenvalue weighted by molar-refractivity contribution is 6.29. The molecule has 6 nitrogen and oxygen atoms in total. The Balaban J connectivity index is 2.67. The molecule has 0 aliphatic heterocycles. The molecule has 0 saturated carbocycles. The van der Waals surface area contributed by atoms with Gasteiger partial charge in [-0.25, -0.2) is 19.3 Å². The second kappa shape index (κ2) is 7.17. The number of hydrogen-bond donors (Lipinski definition) is 0. The van der Waals surface area contributed by atoms with E-state index in [9.17, 15) is 9.18 Å². The van der Waals surface area contributed by atoms with E-state index in [-0.39, 0.29) is 16.9 Å². The van der Waals surface area contributed by atoms with Crippen LogP contribution in [0.2, 0.25) is 5.15 Å². The van der Waals surface area contributed by atoms with E-state index in [1.54, 1.807) is 6.21 Å². The van der Waals surface area contributed by atoms with Crippen molar-refractivity contribution in [3.05, 3.63) is 29.2 Å². The summed E-state index contributed by atoms with van der Waals surface area (Å²) < 4.78 is 14.7. The van der Waals surface area contributed by atoms with Crippen molar-refractivity contribution in [2.24, 2.45) is 4.99 Å². The van der Waals surface area contributed by atoms with Crippen molar-refractivity contribution in [2.75, 3.05) is 0 Å². The summed E-state index contributed by atoms with van der Waals surface area (Å²) in [7, 11) is 0. The Morgan fingerprint density at radius 2 is 2.08 bits per heavy atom. The maximum atomic E-state index is 13.3. The van der Waals surface area contributed by atoms with Gasteiger partial charge >= 0.3 is 0 Å². The Kier molecular flexibility index (Phi) is 5.43. The minimum atomic E-state index is -0.710. The number of carbonyl (C=O) groups excluding carboxylic acids is 1. The molecule has 128 valence electrons. The van der Waals surface area contributed by atoms with Crippen LogP contribution < -0.4 is 0 Å². The van der Waals surface area contributed by atoms with E-state index in [1.165, 1.54) is 17.7 Å². The third-order valence-electron chi connectivity index (χ3n) is 3.94. The van der Waals surface area contributed by atoms with Gasteiger partial charge in [0.2, 0.25) is 5.91 Å².